The number of aromatic nitrogens is 1. The van der Waals surface area contributed by atoms with E-state index >= 15 is 0 Å². The number of carbonyl (C=O) groups is 1. The lowest BCUT2D eigenvalue weighted by Crippen LogP contribution is -2.39. The third-order valence-corrected chi connectivity index (χ3v) is 7.82. The van der Waals surface area contributed by atoms with E-state index in [0.717, 1.165) is 18.4 Å². The van der Waals surface area contributed by atoms with Crippen molar-refractivity contribution in [1.29, 1.82) is 0 Å². The molecule has 2 N–H and O–H groups in total. The number of fused-ring (bicyclic) bond motifs is 1. The Labute approximate surface area is 187 Å². The van der Waals surface area contributed by atoms with Crippen LogP contribution in [0.1, 0.15) is 48.7 Å². The molecule has 1 amide bonds. The van der Waals surface area contributed by atoms with Gasteiger partial charge in [-0.3, -0.25) is 9.59 Å². The molecule has 0 aliphatic carbocycles. The van der Waals surface area contributed by atoms with Gasteiger partial charge in [0.1, 0.15) is 0 Å². The van der Waals surface area contributed by atoms with E-state index in [-0.39, 0.29) is 16.5 Å². The molecule has 0 unspecified atom stereocenters. The molecule has 168 valence electrons. The average Bonchev–Trinajstić information content (AvgIpc) is 2.78. The van der Waals surface area contributed by atoms with Crippen LogP contribution in [0.5, 0.6) is 0 Å². The Morgan fingerprint density at radius 1 is 1.16 bits per heavy atom. The van der Waals surface area contributed by atoms with E-state index in [1.54, 1.807) is 6.07 Å². The molecule has 0 spiro atoms. The lowest BCUT2D eigenvalue weighted by molar-refractivity contribution is 0.0941. The lowest BCUT2D eigenvalue weighted by Gasteiger charge is -2.30. The van der Waals surface area contributed by atoms with Crippen LogP contribution in [0.3, 0.4) is 0 Å². The van der Waals surface area contributed by atoms with Crippen LogP contribution in [0.15, 0.2) is 64.3 Å². The van der Waals surface area contributed by atoms with E-state index in [1.807, 2.05) is 44.2 Å². The van der Waals surface area contributed by atoms with E-state index in [2.05, 4.69) is 10.3 Å². The number of nitrogens with one attached hydrogen (secondary N) is 2. The van der Waals surface area contributed by atoms with Crippen molar-refractivity contribution in [3.05, 3.63) is 76.1 Å². The number of nitrogens with zero attached hydrogens (tertiary/aromatic N) is 1. The van der Waals surface area contributed by atoms with Crippen molar-refractivity contribution in [2.45, 2.75) is 37.6 Å². The van der Waals surface area contributed by atoms with Gasteiger partial charge in [-0.25, -0.2) is 8.42 Å². The van der Waals surface area contributed by atoms with Crippen LogP contribution in [-0.4, -0.2) is 36.7 Å². The van der Waals surface area contributed by atoms with Gasteiger partial charge in [0.25, 0.3) is 5.91 Å². The molecule has 2 atom stereocenters. The monoisotopic (exact) mass is 453 g/mol. The van der Waals surface area contributed by atoms with Gasteiger partial charge in [0.15, 0.2) is 0 Å². The molecule has 0 bridgehead atoms. The minimum Gasteiger partial charge on any atom is -0.345 e. The minimum absolute atomic E-state index is 0.122. The smallest absolute Gasteiger partial charge is 0.252 e. The van der Waals surface area contributed by atoms with E-state index in [1.165, 1.54) is 22.5 Å². The first-order chi connectivity index (χ1) is 15.3. The van der Waals surface area contributed by atoms with Crippen LogP contribution in [0, 0.1) is 5.92 Å². The fourth-order valence-corrected chi connectivity index (χ4v) is 5.82. The van der Waals surface area contributed by atoms with Gasteiger partial charge in [0, 0.05) is 30.1 Å². The summed E-state index contributed by atoms with van der Waals surface area (Å²) in [5.41, 5.74) is 1.07. The van der Waals surface area contributed by atoms with Crippen LogP contribution in [0.4, 0.5) is 0 Å². The topological polar surface area (TPSA) is 99.3 Å². The summed E-state index contributed by atoms with van der Waals surface area (Å²) in [4.78, 5) is 28.1. The normalized spacial score (nSPS) is 18.4. The third-order valence-electron chi connectivity index (χ3n) is 5.96. The van der Waals surface area contributed by atoms with E-state index in [4.69, 9.17) is 0 Å². The second-order valence-electron chi connectivity index (χ2n) is 8.47. The summed E-state index contributed by atoms with van der Waals surface area (Å²) in [6.45, 7) is 4.87. The van der Waals surface area contributed by atoms with Gasteiger partial charge in [-0.05, 0) is 49.4 Å². The van der Waals surface area contributed by atoms with Gasteiger partial charge in [0.05, 0.1) is 16.5 Å². The maximum Gasteiger partial charge on any atom is 0.252 e. The van der Waals surface area contributed by atoms with Crippen molar-refractivity contribution >= 4 is 26.8 Å². The highest BCUT2D eigenvalue weighted by atomic mass is 32.2. The number of amides is 1. The molecular weight excluding hydrogens is 426 g/mol. The molecule has 2 heterocycles. The molecule has 7 nitrogen and oxygen atoms in total. The molecule has 1 aliphatic heterocycles. The van der Waals surface area contributed by atoms with Gasteiger partial charge in [-0.15, -0.1) is 0 Å². The summed E-state index contributed by atoms with van der Waals surface area (Å²) in [5, 5.41) is 3.30. The summed E-state index contributed by atoms with van der Waals surface area (Å²) in [6.07, 6.45) is 1.83. The molecule has 2 aromatic carbocycles. The first-order valence-corrected chi connectivity index (χ1v) is 12.2. The molecule has 32 heavy (non-hydrogen) atoms. The molecule has 0 radical (unpaired) electrons. The van der Waals surface area contributed by atoms with Crippen LogP contribution in [-0.2, 0) is 10.0 Å². The Kier molecular flexibility index (Phi) is 6.17. The fourth-order valence-electron chi connectivity index (χ4n) is 4.19. The number of sulfonamides is 1. The molecule has 0 saturated carbocycles. The minimum atomic E-state index is -3.70. The molecule has 4 rings (SSSR count). The zero-order valence-corrected chi connectivity index (χ0v) is 19.0. The second kappa shape index (κ2) is 8.88. The van der Waals surface area contributed by atoms with Crippen molar-refractivity contribution in [3.8, 4) is 0 Å². The Morgan fingerprint density at radius 3 is 2.62 bits per heavy atom. The van der Waals surface area contributed by atoms with Crippen LogP contribution in [0.2, 0.25) is 0 Å². The summed E-state index contributed by atoms with van der Waals surface area (Å²) in [7, 11) is -3.70. The van der Waals surface area contributed by atoms with E-state index < -0.39 is 21.5 Å². The van der Waals surface area contributed by atoms with Crippen LogP contribution >= 0.6 is 0 Å². The van der Waals surface area contributed by atoms with Gasteiger partial charge in [-0.2, -0.15) is 4.31 Å². The van der Waals surface area contributed by atoms with Gasteiger partial charge >= 0.3 is 0 Å². The standard InChI is InChI=1S/C24H27N3O4S/c1-16-7-6-12-27(15-16)32(30,31)19-10-11-22-20(13-19)21(14-23(28)26-22)24(29)25-17(2)18-8-4-3-5-9-18/h3-5,8-11,13-14,16-17H,6-7,12,15H2,1-2H3,(H,25,29)(H,26,28)/t16-,17-/m1/s1. The van der Waals surface area contributed by atoms with Crippen LogP contribution in [0.25, 0.3) is 10.9 Å². The number of carbonyl (C=O) groups excluding carboxylic acids is 1. The zero-order valence-electron chi connectivity index (χ0n) is 18.2. The van der Waals surface area contributed by atoms with Crippen molar-refractivity contribution in [2.24, 2.45) is 5.92 Å². The highest BCUT2D eigenvalue weighted by molar-refractivity contribution is 7.89. The predicted octanol–water partition coefficient (Wildman–Crippen LogP) is 3.44. The molecule has 1 fully saturated rings. The first kappa shape index (κ1) is 22.2. The number of aromatic amines is 1. The Morgan fingerprint density at radius 2 is 1.91 bits per heavy atom. The summed E-state index contributed by atoms with van der Waals surface area (Å²) in [6, 6.07) is 15.0. The number of H-pyrrole nitrogens is 1. The van der Waals surface area contributed by atoms with Gasteiger partial charge in [-0.1, -0.05) is 37.3 Å². The molecular formula is C24H27N3O4S. The number of hydrogen-bond acceptors (Lipinski definition) is 4. The van der Waals surface area contributed by atoms with Crippen molar-refractivity contribution in [3.63, 3.8) is 0 Å². The third kappa shape index (κ3) is 4.47. The number of pyridine rings is 1. The highest BCUT2D eigenvalue weighted by Crippen LogP contribution is 2.26. The van der Waals surface area contributed by atoms with Gasteiger partial charge < -0.3 is 10.3 Å². The maximum absolute atomic E-state index is 13.2. The van der Waals surface area contributed by atoms with E-state index in [0.29, 0.717) is 29.9 Å². The van der Waals surface area contributed by atoms with Crippen molar-refractivity contribution in [2.75, 3.05) is 13.1 Å². The second-order valence-corrected chi connectivity index (χ2v) is 10.4. The number of piperidine rings is 1. The predicted molar refractivity (Wildman–Crippen MR) is 124 cm³/mol. The van der Waals surface area contributed by atoms with Crippen molar-refractivity contribution < 1.29 is 13.2 Å². The molecule has 1 aromatic heterocycles. The summed E-state index contributed by atoms with van der Waals surface area (Å²) < 4.78 is 28.0. The van der Waals surface area contributed by atoms with Crippen LogP contribution < -0.4 is 10.9 Å². The summed E-state index contributed by atoms with van der Waals surface area (Å²) in [5.74, 6) is -0.130. The SMILES string of the molecule is C[C@@H]1CCCN(S(=O)(=O)c2ccc3[nH]c(=O)cc(C(=O)N[C@H](C)c4ccccc4)c3c2)C1. The Balaban J connectivity index is 1.71. The highest BCUT2D eigenvalue weighted by Gasteiger charge is 2.29. The Bertz CT molecular complexity index is 1300. The van der Waals surface area contributed by atoms with Crippen molar-refractivity contribution in [1.82, 2.24) is 14.6 Å². The number of hydrogen-bond donors (Lipinski definition) is 2. The number of rotatable bonds is 5. The fraction of sp³-hybridized carbons (Fsp3) is 0.333. The zero-order chi connectivity index (χ0) is 22.9. The van der Waals surface area contributed by atoms with Gasteiger partial charge in [0.2, 0.25) is 15.6 Å². The molecule has 1 aliphatic rings. The quantitative estimate of drug-likeness (QED) is 0.618. The largest absolute Gasteiger partial charge is 0.345 e. The Hall–Kier alpha value is -2.97. The molecule has 8 heteroatoms. The molecule has 3 aromatic rings. The lowest BCUT2D eigenvalue weighted by atomic mass is 10.0. The molecule has 1 saturated heterocycles. The average molecular weight is 454 g/mol. The van der Waals surface area contributed by atoms with E-state index in [9.17, 15) is 18.0 Å². The summed E-state index contributed by atoms with van der Waals surface area (Å²) >= 11 is 0. The number of benzene rings is 2. The first-order valence-electron chi connectivity index (χ1n) is 10.8. The maximum atomic E-state index is 13.2.